The number of benzene rings is 1. The van der Waals surface area contributed by atoms with E-state index in [9.17, 15) is 19.2 Å². The zero-order chi connectivity index (χ0) is 19.8. The van der Waals surface area contributed by atoms with Crippen molar-refractivity contribution >= 4 is 23.8 Å². The van der Waals surface area contributed by atoms with E-state index in [1.807, 2.05) is 44.2 Å². The Kier molecular flexibility index (Phi) is 7.34. The number of carbonyl (C=O) groups excluding carboxylic acids is 4. The lowest BCUT2D eigenvalue weighted by Gasteiger charge is -2.25. The minimum Gasteiger partial charge on any atom is -0.455 e. The van der Waals surface area contributed by atoms with Crippen LogP contribution in [0.2, 0.25) is 0 Å². The van der Waals surface area contributed by atoms with Gasteiger partial charge in [-0.2, -0.15) is 0 Å². The van der Waals surface area contributed by atoms with Gasteiger partial charge in [-0.15, -0.1) is 0 Å². The second-order valence-corrected chi connectivity index (χ2v) is 6.45. The summed E-state index contributed by atoms with van der Waals surface area (Å²) in [6.45, 7) is 3.92. The molecule has 146 valence electrons. The normalized spacial score (nSPS) is 17.3. The van der Waals surface area contributed by atoms with Gasteiger partial charge in [-0.1, -0.05) is 37.3 Å². The van der Waals surface area contributed by atoms with Crippen LogP contribution in [0.15, 0.2) is 30.3 Å². The van der Waals surface area contributed by atoms with Crippen molar-refractivity contribution < 1.29 is 23.9 Å². The van der Waals surface area contributed by atoms with Gasteiger partial charge in [-0.05, 0) is 18.9 Å². The molecule has 0 saturated carbocycles. The van der Waals surface area contributed by atoms with Crippen molar-refractivity contribution in [3.8, 4) is 0 Å². The second-order valence-electron chi connectivity index (χ2n) is 6.45. The van der Waals surface area contributed by atoms with Gasteiger partial charge in [0, 0.05) is 19.5 Å². The van der Waals surface area contributed by atoms with Gasteiger partial charge in [0.05, 0.1) is 12.0 Å². The first-order valence-electron chi connectivity index (χ1n) is 9.01. The maximum absolute atomic E-state index is 12.3. The van der Waals surface area contributed by atoms with Crippen LogP contribution in [0.1, 0.15) is 38.3 Å². The van der Waals surface area contributed by atoms with Gasteiger partial charge in [0.15, 0.2) is 6.61 Å². The van der Waals surface area contributed by atoms with E-state index in [0.29, 0.717) is 6.54 Å². The van der Waals surface area contributed by atoms with E-state index in [4.69, 9.17) is 4.74 Å². The van der Waals surface area contributed by atoms with Crippen molar-refractivity contribution in [2.75, 3.05) is 19.7 Å². The predicted molar refractivity (Wildman–Crippen MR) is 97.5 cm³/mol. The van der Waals surface area contributed by atoms with Gasteiger partial charge in [-0.25, -0.2) is 4.79 Å². The van der Waals surface area contributed by atoms with Crippen molar-refractivity contribution in [2.45, 2.75) is 32.7 Å². The molecule has 1 saturated heterocycles. The third-order valence-corrected chi connectivity index (χ3v) is 4.38. The molecule has 1 aromatic carbocycles. The molecule has 2 rings (SSSR count). The molecule has 0 aromatic heterocycles. The Balaban J connectivity index is 1.81. The number of ether oxygens (including phenoxy) is 1. The smallest absolute Gasteiger partial charge is 0.321 e. The SMILES string of the molecule is CCCNC(=O)NC(=O)COC(=O)[C@H]1CC(=O)N([C@H](C)c2ccccc2)C1. The topological polar surface area (TPSA) is 105 Å². The van der Waals surface area contributed by atoms with Gasteiger partial charge in [0.25, 0.3) is 5.91 Å². The van der Waals surface area contributed by atoms with Crippen molar-refractivity contribution in [1.29, 1.82) is 0 Å². The third-order valence-electron chi connectivity index (χ3n) is 4.38. The molecular formula is C19H25N3O5. The van der Waals surface area contributed by atoms with Crippen LogP contribution in [0.4, 0.5) is 4.79 Å². The maximum atomic E-state index is 12.3. The number of nitrogens with one attached hydrogen (secondary N) is 2. The number of carbonyl (C=O) groups is 4. The molecule has 1 heterocycles. The molecular weight excluding hydrogens is 350 g/mol. The van der Waals surface area contributed by atoms with Crippen molar-refractivity contribution in [2.24, 2.45) is 5.92 Å². The predicted octanol–water partition coefficient (Wildman–Crippen LogP) is 1.38. The summed E-state index contributed by atoms with van der Waals surface area (Å²) in [5, 5.41) is 4.56. The molecule has 0 spiro atoms. The number of likely N-dealkylation sites (tertiary alicyclic amines) is 1. The fourth-order valence-electron chi connectivity index (χ4n) is 2.88. The number of imide groups is 1. The van der Waals surface area contributed by atoms with Gasteiger partial charge in [-0.3, -0.25) is 19.7 Å². The Morgan fingerprint density at radius 1 is 1.26 bits per heavy atom. The first kappa shape index (κ1) is 20.4. The lowest BCUT2D eigenvalue weighted by molar-refractivity contribution is -0.152. The second kappa shape index (κ2) is 9.70. The van der Waals surface area contributed by atoms with Gasteiger partial charge in [0.2, 0.25) is 5.91 Å². The van der Waals surface area contributed by atoms with Crippen molar-refractivity contribution in [3.63, 3.8) is 0 Å². The molecule has 1 aliphatic heterocycles. The average Bonchev–Trinajstić information content (AvgIpc) is 3.06. The van der Waals surface area contributed by atoms with Crippen LogP contribution in [-0.2, 0) is 19.1 Å². The number of rotatable bonds is 7. The first-order chi connectivity index (χ1) is 12.9. The summed E-state index contributed by atoms with van der Waals surface area (Å²) in [6, 6.07) is 8.77. The Labute approximate surface area is 158 Å². The van der Waals surface area contributed by atoms with Gasteiger partial charge in [0.1, 0.15) is 0 Å². The Bertz CT molecular complexity index is 692. The molecule has 0 unspecified atom stereocenters. The summed E-state index contributed by atoms with van der Waals surface area (Å²) in [5.41, 5.74) is 0.984. The largest absolute Gasteiger partial charge is 0.455 e. The van der Waals surface area contributed by atoms with Crippen LogP contribution in [0, 0.1) is 5.92 Å². The zero-order valence-electron chi connectivity index (χ0n) is 15.6. The number of amides is 4. The summed E-state index contributed by atoms with van der Waals surface area (Å²) in [6.07, 6.45) is 0.790. The minimum absolute atomic E-state index is 0.0502. The Morgan fingerprint density at radius 3 is 2.63 bits per heavy atom. The van der Waals surface area contributed by atoms with Crippen LogP contribution in [-0.4, -0.2) is 48.4 Å². The van der Waals surface area contributed by atoms with E-state index >= 15 is 0 Å². The van der Waals surface area contributed by atoms with Crippen molar-refractivity contribution in [1.82, 2.24) is 15.5 Å². The van der Waals surface area contributed by atoms with Crippen LogP contribution in [0.25, 0.3) is 0 Å². The molecule has 0 aliphatic carbocycles. The number of hydrogen-bond donors (Lipinski definition) is 2. The number of nitrogens with zero attached hydrogens (tertiary/aromatic N) is 1. The van der Waals surface area contributed by atoms with Crippen LogP contribution >= 0.6 is 0 Å². The standard InChI is InChI=1S/C19H25N3O5/c1-3-9-20-19(26)21-16(23)12-27-18(25)15-10-17(24)22(11-15)13(2)14-7-5-4-6-8-14/h4-8,13,15H,3,9-12H2,1-2H3,(H2,20,21,23,26)/t13-,15+/m1/s1. The quantitative estimate of drug-likeness (QED) is 0.701. The molecule has 1 aromatic rings. The summed E-state index contributed by atoms with van der Waals surface area (Å²) in [4.78, 5) is 49.1. The van der Waals surface area contributed by atoms with Crippen LogP contribution in [0.3, 0.4) is 0 Å². The van der Waals surface area contributed by atoms with Crippen LogP contribution in [0.5, 0.6) is 0 Å². The van der Waals surface area contributed by atoms with Crippen molar-refractivity contribution in [3.05, 3.63) is 35.9 Å². The molecule has 4 amide bonds. The Hall–Kier alpha value is -2.90. The van der Waals surface area contributed by atoms with Crippen LogP contribution < -0.4 is 10.6 Å². The zero-order valence-corrected chi connectivity index (χ0v) is 15.6. The lowest BCUT2D eigenvalue weighted by Crippen LogP contribution is -2.42. The highest BCUT2D eigenvalue weighted by atomic mass is 16.5. The summed E-state index contributed by atoms with van der Waals surface area (Å²) >= 11 is 0. The van der Waals surface area contributed by atoms with Gasteiger partial charge < -0.3 is 15.0 Å². The molecule has 2 atom stereocenters. The molecule has 0 bridgehead atoms. The van der Waals surface area contributed by atoms with E-state index < -0.39 is 30.4 Å². The molecule has 8 heteroatoms. The van der Waals surface area contributed by atoms with E-state index in [1.165, 1.54) is 0 Å². The molecule has 1 fully saturated rings. The van der Waals surface area contributed by atoms with E-state index in [-0.39, 0.29) is 24.9 Å². The molecule has 8 nitrogen and oxygen atoms in total. The minimum atomic E-state index is -0.712. The van der Waals surface area contributed by atoms with E-state index in [0.717, 1.165) is 12.0 Å². The number of urea groups is 1. The monoisotopic (exact) mass is 375 g/mol. The third kappa shape index (κ3) is 5.80. The fourth-order valence-corrected chi connectivity index (χ4v) is 2.88. The number of hydrogen-bond acceptors (Lipinski definition) is 5. The highest BCUT2D eigenvalue weighted by molar-refractivity contribution is 5.96. The fraction of sp³-hybridized carbons (Fsp3) is 0.474. The highest BCUT2D eigenvalue weighted by Gasteiger charge is 2.38. The van der Waals surface area contributed by atoms with E-state index in [2.05, 4.69) is 10.6 Å². The lowest BCUT2D eigenvalue weighted by atomic mass is 10.1. The first-order valence-corrected chi connectivity index (χ1v) is 9.01. The summed E-state index contributed by atoms with van der Waals surface area (Å²) in [7, 11) is 0. The number of esters is 1. The molecule has 1 aliphatic rings. The summed E-state index contributed by atoms with van der Waals surface area (Å²) in [5.74, 6) is -2.08. The van der Waals surface area contributed by atoms with E-state index in [1.54, 1.807) is 4.90 Å². The molecule has 27 heavy (non-hydrogen) atoms. The Morgan fingerprint density at radius 2 is 1.96 bits per heavy atom. The highest BCUT2D eigenvalue weighted by Crippen LogP contribution is 2.28. The average molecular weight is 375 g/mol. The molecule has 2 N–H and O–H groups in total. The van der Waals surface area contributed by atoms with Gasteiger partial charge >= 0.3 is 12.0 Å². The summed E-state index contributed by atoms with van der Waals surface area (Å²) < 4.78 is 4.97. The maximum Gasteiger partial charge on any atom is 0.321 e. The molecule has 0 radical (unpaired) electrons.